The van der Waals surface area contributed by atoms with Gasteiger partial charge in [0.05, 0.1) is 0 Å². The third-order valence-corrected chi connectivity index (χ3v) is 16.1. The van der Waals surface area contributed by atoms with Crippen molar-refractivity contribution in [2.24, 2.45) is 0 Å². The smallest absolute Gasteiger partial charge is 0.00803 e. The van der Waals surface area contributed by atoms with Crippen molar-refractivity contribution in [3.05, 3.63) is 0 Å². The van der Waals surface area contributed by atoms with Crippen LogP contribution in [0.2, 0.25) is 0 Å². The summed E-state index contributed by atoms with van der Waals surface area (Å²) in [6, 6.07) is 0. The lowest BCUT2D eigenvalue weighted by molar-refractivity contribution is 5.78. The molecular weight excluding hydrogens is 446 g/mol. The van der Waals surface area contributed by atoms with Crippen LogP contribution in [-0.4, -0.2) is 0 Å². The zero-order valence-electron chi connectivity index (χ0n) is 3.21. The number of halogens is 2. The third kappa shape index (κ3) is 9.56. The SMILES string of the molecule is ISSSSSSI. The minimum atomic E-state index is 1.76. The van der Waals surface area contributed by atoms with Crippen molar-refractivity contribution in [3.63, 3.8) is 0 Å². The van der Waals surface area contributed by atoms with Gasteiger partial charge < -0.3 is 0 Å². The third-order valence-electron chi connectivity index (χ3n) is 0.135. The van der Waals surface area contributed by atoms with E-state index in [1.165, 1.54) is 0 Å². The van der Waals surface area contributed by atoms with Crippen molar-refractivity contribution in [3.8, 4) is 0 Å². The molecule has 0 nitrogen and oxygen atoms in total. The fourth-order valence-electron chi connectivity index (χ4n) is 0.0437. The number of hydrogen-bond acceptors (Lipinski definition) is 6. The molecule has 0 aromatic rings. The highest BCUT2D eigenvalue weighted by atomic mass is 127. The molecule has 0 bridgehead atoms. The Morgan fingerprint density at radius 1 is 0.625 bits per heavy atom. The standard InChI is InChI=1S/I2S6/c1-3-5-7-8-6-4-2. The lowest BCUT2D eigenvalue weighted by atomic mass is 30.3. The topological polar surface area (TPSA) is 0 Å². The van der Waals surface area contributed by atoms with E-state index < -0.39 is 0 Å². The Balaban J connectivity index is 2.53. The van der Waals surface area contributed by atoms with Crippen LogP contribution in [0.4, 0.5) is 0 Å². The summed E-state index contributed by atoms with van der Waals surface area (Å²) in [4.78, 5) is 0. The van der Waals surface area contributed by atoms with Gasteiger partial charge in [-0.2, -0.15) is 0 Å². The van der Waals surface area contributed by atoms with Crippen molar-refractivity contribution >= 4 is 97.6 Å². The molecule has 0 saturated heterocycles. The zero-order chi connectivity index (χ0) is 6.24. The van der Waals surface area contributed by atoms with E-state index in [1.54, 1.807) is 55.2 Å². The highest BCUT2D eigenvalue weighted by Gasteiger charge is 1.88. The highest BCUT2D eigenvalue weighted by Crippen LogP contribution is 2.55. The second-order valence-electron chi connectivity index (χ2n) is 0.398. The van der Waals surface area contributed by atoms with E-state index in [0.29, 0.717) is 0 Å². The Hall–Kier alpha value is 3.56. The van der Waals surface area contributed by atoms with Crippen LogP contribution in [0.15, 0.2) is 0 Å². The first kappa shape index (κ1) is 11.6. The number of rotatable bonds is 5. The van der Waals surface area contributed by atoms with Gasteiger partial charge in [-0.1, -0.05) is 0 Å². The van der Waals surface area contributed by atoms with Crippen LogP contribution < -0.4 is 0 Å². The maximum atomic E-state index is 2.27. The van der Waals surface area contributed by atoms with Gasteiger partial charge in [-0.05, 0) is 55.2 Å². The first-order chi connectivity index (χ1) is 3.91. The summed E-state index contributed by atoms with van der Waals surface area (Å²) in [5.74, 6) is 0. The molecule has 0 rings (SSSR count). The van der Waals surface area contributed by atoms with Crippen LogP contribution in [0.25, 0.3) is 0 Å². The molecule has 0 fully saturated rings. The van der Waals surface area contributed by atoms with Gasteiger partial charge in [0, 0.05) is 42.4 Å². The van der Waals surface area contributed by atoms with Gasteiger partial charge in [0.15, 0.2) is 0 Å². The lowest BCUT2D eigenvalue weighted by Crippen LogP contribution is -1.22. The molecule has 8 heteroatoms. The average Bonchev–Trinajstić information content (AvgIpc) is 1.81. The van der Waals surface area contributed by atoms with Crippen molar-refractivity contribution < 1.29 is 0 Å². The maximum absolute atomic E-state index is 2.27. The Morgan fingerprint density at radius 3 is 1.25 bits per heavy atom. The second kappa shape index (κ2) is 10.6. The quantitative estimate of drug-likeness (QED) is 0.302. The number of hydrogen-bond donors (Lipinski definition) is 0. The normalized spacial score (nSPS) is 9.75. The first-order valence-corrected chi connectivity index (χ1v) is 13.7. The maximum Gasteiger partial charge on any atom is 0.00947 e. The van der Waals surface area contributed by atoms with Gasteiger partial charge in [-0.3, -0.25) is 0 Å². The van der Waals surface area contributed by atoms with Crippen LogP contribution in [0.1, 0.15) is 0 Å². The monoisotopic (exact) mass is 446 g/mol. The fourth-order valence-corrected chi connectivity index (χ4v) is 16.9. The molecule has 0 aromatic heterocycles. The van der Waals surface area contributed by atoms with E-state index >= 15 is 0 Å². The predicted molar refractivity (Wildman–Crippen MR) is 73.6 cm³/mol. The van der Waals surface area contributed by atoms with Crippen LogP contribution in [-0.2, 0) is 0 Å². The summed E-state index contributed by atoms with van der Waals surface area (Å²) < 4.78 is 0. The molecule has 0 aliphatic carbocycles. The summed E-state index contributed by atoms with van der Waals surface area (Å²) in [7, 11) is 10.7. The molecule has 0 heterocycles. The molecule has 50 valence electrons. The van der Waals surface area contributed by atoms with E-state index in [2.05, 4.69) is 42.4 Å². The van der Waals surface area contributed by atoms with Crippen molar-refractivity contribution in [2.75, 3.05) is 0 Å². The second-order valence-corrected chi connectivity index (χ2v) is 15.0. The minimum absolute atomic E-state index is 1.76. The predicted octanol–water partition coefficient (Wildman–Crippen LogP) is 5.66. The summed E-state index contributed by atoms with van der Waals surface area (Å²) in [5.41, 5.74) is 0. The summed E-state index contributed by atoms with van der Waals surface area (Å²) in [6.07, 6.45) is 0. The molecular formula is I2S6. The van der Waals surface area contributed by atoms with E-state index in [4.69, 9.17) is 0 Å². The van der Waals surface area contributed by atoms with Gasteiger partial charge in [-0.15, -0.1) is 0 Å². The van der Waals surface area contributed by atoms with Gasteiger partial charge in [0.1, 0.15) is 0 Å². The first-order valence-electron chi connectivity index (χ1n) is 1.14. The molecule has 0 spiro atoms. The van der Waals surface area contributed by atoms with Crippen molar-refractivity contribution in [2.45, 2.75) is 0 Å². The molecule has 0 aromatic carbocycles. The highest BCUT2D eigenvalue weighted by molar-refractivity contribution is 14.2. The van der Waals surface area contributed by atoms with Gasteiger partial charge in [0.2, 0.25) is 0 Å². The molecule has 0 saturated carbocycles. The van der Waals surface area contributed by atoms with Crippen LogP contribution in [0.3, 0.4) is 0 Å². The Morgan fingerprint density at radius 2 is 1.00 bits per heavy atom. The summed E-state index contributed by atoms with van der Waals surface area (Å²) >= 11 is 4.53. The Kier molecular flexibility index (Phi) is 15.3. The summed E-state index contributed by atoms with van der Waals surface area (Å²) in [5, 5.41) is 0. The molecule has 8 heavy (non-hydrogen) atoms. The molecule has 0 unspecified atom stereocenters. The molecule has 0 amide bonds. The van der Waals surface area contributed by atoms with Crippen LogP contribution in [0.5, 0.6) is 0 Å². The van der Waals surface area contributed by atoms with E-state index in [0.717, 1.165) is 0 Å². The Labute approximate surface area is 95.5 Å². The average molecular weight is 446 g/mol. The summed E-state index contributed by atoms with van der Waals surface area (Å²) in [6.45, 7) is 0. The zero-order valence-corrected chi connectivity index (χ0v) is 12.4. The largest absolute Gasteiger partial charge is 0.00947 e. The van der Waals surface area contributed by atoms with E-state index in [-0.39, 0.29) is 0 Å². The molecule has 0 atom stereocenters. The molecule has 0 aliphatic heterocycles. The minimum Gasteiger partial charge on any atom is -0.00803 e. The van der Waals surface area contributed by atoms with E-state index in [9.17, 15) is 0 Å². The van der Waals surface area contributed by atoms with E-state index in [1.807, 2.05) is 0 Å². The van der Waals surface area contributed by atoms with Gasteiger partial charge in [-0.25, -0.2) is 0 Å². The van der Waals surface area contributed by atoms with Gasteiger partial charge in [0.25, 0.3) is 0 Å². The molecule has 0 aliphatic rings. The van der Waals surface area contributed by atoms with Crippen LogP contribution >= 0.6 is 97.6 Å². The molecule has 0 N–H and O–H groups in total. The lowest BCUT2D eigenvalue weighted by Gasteiger charge is -1.88. The molecule has 0 radical (unpaired) electrons. The van der Waals surface area contributed by atoms with Crippen LogP contribution in [0, 0.1) is 0 Å². The van der Waals surface area contributed by atoms with Gasteiger partial charge >= 0.3 is 0 Å². The fraction of sp³-hybridized carbons (Fsp3) is 0. The Bertz CT molecular complexity index is 31.5. The van der Waals surface area contributed by atoms with Crippen molar-refractivity contribution in [1.29, 1.82) is 0 Å². The van der Waals surface area contributed by atoms with Crippen molar-refractivity contribution in [1.82, 2.24) is 0 Å².